The lowest BCUT2D eigenvalue weighted by Gasteiger charge is -2.06. The number of nitrogens with zero attached hydrogens (tertiary/aromatic N) is 2. The van der Waals surface area contributed by atoms with Gasteiger partial charge in [-0.1, -0.05) is 11.8 Å². The highest BCUT2D eigenvalue weighted by molar-refractivity contribution is 7.99. The highest BCUT2D eigenvalue weighted by atomic mass is 32.2. The Morgan fingerprint density at radius 1 is 1.37 bits per heavy atom. The highest BCUT2D eigenvalue weighted by Crippen LogP contribution is 2.31. The van der Waals surface area contributed by atoms with Crippen LogP contribution in [0.4, 0.5) is 8.78 Å². The van der Waals surface area contributed by atoms with E-state index in [-0.39, 0.29) is 15.5 Å². The van der Waals surface area contributed by atoms with Crippen LogP contribution in [-0.4, -0.2) is 23.0 Å². The van der Waals surface area contributed by atoms with Crippen LogP contribution in [-0.2, 0) is 4.74 Å². The first-order valence-electron chi connectivity index (χ1n) is 5.13. The van der Waals surface area contributed by atoms with E-state index in [0.717, 1.165) is 30.0 Å². The summed E-state index contributed by atoms with van der Waals surface area (Å²) in [5.41, 5.74) is 0.0960. The molecule has 0 fully saturated rings. The van der Waals surface area contributed by atoms with Crippen molar-refractivity contribution in [2.75, 3.05) is 7.11 Å². The second-order valence-electron chi connectivity index (χ2n) is 3.41. The number of ether oxygens (including phenoxy) is 1. The minimum atomic E-state index is -0.639. The third-order valence-electron chi connectivity index (χ3n) is 2.18. The van der Waals surface area contributed by atoms with Gasteiger partial charge in [-0.05, 0) is 18.2 Å². The molecule has 0 amide bonds. The van der Waals surface area contributed by atoms with E-state index >= 15 is 0 Å². The maximum Gasteiger partial charge on any atom is 0.342 e. The van der Waals surface area contributed by atoms with Gasteiger partial charge in [0.05, 0.1) is 12.0 Å². The van der Waals surface area contributed by atoms with Crippen molar-refractivity contribution in [1.82, 2.24) is 9.97 Å². The van der Waals surface area contributed by atoms with E-state index in [1.807, 2.05) is 0 Å². The second-order valence-corrected chi connectivity index (χ2v) is 4.44. The molecule has 98 valence electrons. The molecule has 1 aromatic heterocycles. The first-order valence-corrected chi connectivity index (χ1v) is 5.94. The number of carbonyl (C=O) groups is 1. The molecule has 0 saturated carbocycles. The van der Waals surface area contributed by atoms with E-state index in [1.54, 1.807) is 0 Å². The van der Waals surface area contributed by atoms with Crippen molar-refractivity contribution in [3.63, 3.8) is 0 Å². The van der Waals surface area contributed by atoms with Crippen molar-refractivity contribution < 1.29 is 18.3 Å². The number of benzene rings is 1. The molecule has 0 radical (unpaired) electrons. The van der Waals surface area contributed by atoms with Gasteiger partial charge in [0.2, 0.25) is 0 Å². The van der Waals surface area contributed by atoms with Crippen LogP contribution in [0.15, 0.2) is 40.6 Å². The maximum absolute atomic E-state index is 13.5. The Morgan fingerprint density at radius 3 is 2.89 bits per heavy atom. The van der Waals surface area contributed by atoms with Gasteiger partial charge >= 0.3 is 5.97 Å². The predicted molar refractivity (Wildman–Crippen MR) is 63.9 cm³/mol. The summed E-state index contributed by atoms with van der Waals surface area (Å²) < 4.78 is 31.2. The molecule has 0 saturated heterocycles. The molecule has 0 aliphatic rings. The zero-order chi connectivity index (χ0) is 13.8. The van der Waals surface area contributed by atoms with Crippen LogP contribution >= 0.6 is 11.8 Å². The lowest BCUT2D eigenvalue weighted by molar-refractivity contribution is 0.0595. The van der Waals surface area contributed by atoms with Crippen molar-refractivity contribution in [1.29, 1.82) is 0 Å². The standard InChI is InChI=1S/C12H8F2N2O2S/c1-18-12(17)8-5-15-6-16-11(8)19-10-4-7(13)2-3-9(10)14/h2-6H,1H3. The van der Waals surface area contributed by atoms with Crippen molar-refractivity contribution in [3.05, 3.63) is 47.9 Å². The van der Waals surface area contributed by atoms with Gasteiger partial charge in [0.15, 0.2) is 0 Å². The molecule has 7 heteroatoms. The van der Waals surface area contributed by atoms with Crippen LogP contribution in [0.1, 0.15) is 10.4 Å². The molecule has 0 aliphatic carbocycles. The fourth-order valence-electron chi connectivity index (χ4n) is 1.31. The summed E-state index contributed by atoms with van der Waals surface area (Å²) in [5, 5.41) is 0.200. The minimum Gasteiger partial charge on any atom is -0.465 e. The van der Waals surface area contributed by atoms with E-state index in [9.17, 15) is 13.6 Å². The second kappa shape index (κ2) is 5.75. The lowest BCUT2D eigenvalue weighted by Crippen LogP contribution is -2.05. The molecule has 0 aliphatic heterocycles. The molecule has 0 unspecified atom stereocenters. The summed E-state index contributed by atoms with van der Waals surface area (Å²) in [7, 11) is 1.21. The Morgan fingerprint density at radius 2 is 2.16 bits per heavy atom. The van der Waals surface area contributed by atoms with Gasteiger partial charge in [-0.3, -0.25) is 0 Å². The topological polar surface area (TPSA) is 52.1 Å². The number of hydrogen-bond donors (Lipinski definition) is 0. The lowest BCUT2D eigenvalue weighted by atomic mass is 10.3. The Kier molecular flexibility index (Phi) is 4.06. The SMILES string of the molecule is COC(=O)c1cncnc1Sc1cc(F)ccc1F. The van der Waals surface area contributed by atoms with E-state index in [0.29, 0.717) is 0 Å². The van der Waals surface area contributed by atoms with Crippen LogP contribution in [0.5, 0.6) is 0 Å². The monoisotopic (exact) mass is 282 g/mol. The van der Waals surface area contributed by atoms with Gasteiger partial charge in [0, 0.05) is 6.20 Å². The normalized spacial score (nSPS) is 10.3. The summed E-state index contributed by atoms with van der Waals surface area (Å²) in [6.45, 7) is 0. The molecule has 0 bridgehead atoms. The molecule has 0 spiro atoms. The minimum absolute atomic E-state index is 0.0313. The largest absolute Gasteiger partial charge is 0.465 e. The third kappa shape index (κ3) is 3.05. The summed E-state index contributed by atoms with van der Waals surface area (Å²) in [4.78, 5) is 19.1. The van der Waals surface area contributed by atoms with E-state index < -0.39 is 17.6 Å². The predicted octanol–water partition coefficient (Wildman–Crippen LogP) is 2.69. The quantitative estimate of drug-likeness (QED) is 0.640. The van der Waals surface area contributed by atoms with Crippen LogP contribution in [0.25, 0.3) is 0 Å². The van der Waals surface area contributed by atoms with Gasteiger partial charge < -0.3 is 4.74 Å². The molecule has 1 aromatic carbocycles. The van der Waals surface area contributed by atoms with Crippen LogP contribution < -0.4 is 0 Å². The van der Waals surface area contributed by atoms with Gasteiger partial charge in [0.25, 0.3) is 0 Å². The van der Waals surface area contributed by atoms with Crippen molar-refractivity contribution in [3.8, 4) is 0 Å². The summed E-state index contributed by atoms with van der Waals surface area (Å²) in [5.74, 6) is -1.81. The smallest absolute Gasteiger partial charge is 0.342 e. The number of rotatable bonds is 3. The van der Waals surface area contributed by atoms with Crippen LogP contribution in [0.2, 0.25) is 0 Å². The molecule has 19 heavy (non-hydrogen) atoms. The van der Waals surface area contributed by atoms with Gasteiger partial charge in [-0.2, -0.15) is 0 Å². The van der Waals surface area contributed by atoms with Crippen molar-refractivity contribution in [2.24, 2.45) is 0 Å². The number of esters is 1. The van der Waals surface area contributed by atoms with Crippen LogP contribution in [0, 0.1) is 11.6 Å². The van der Waals surface area contributed by atoms with Gasteiger partial charge in [0.1, 0.15) is 28.6 Å². The molecule has 2 rings (SSSR count). The molecule has 1 heterocycles. The number of carbonyl (C=O) groups excluding carboxylic acids is 1. The molecule has 2 aromatic rings. The fraction of sp³-hybridized carbons (Fsp3) is 0.0833. The molecular formula is C12H8F2N2O2S. The molecule has 0 N–H and O–H groups in total. The molecule has 0 atom stereocenters. The Labute approximate surface area is 111 Å². The number of aromatic nitrogens is 2. The fourth-order valence-corrected chi connectivity index (χ4v) is 2.20. The summed E-state index contributed by atoms with van der Waals surface area (Å²) in [6, 6.07) is 3.06. The zero-order valence-electron chi connectivity index (χ0n) is 9.76. The number of halogens is 2. The first-order chi connectivity index (χ1) is 9.11. The Bertz CT molecular complexity index is 622. The van der Waals surface area contributed by atoms with E-state index in [1.165, 1.54) is 19.6 Å². The maximum atomic E-state index is 13.5. The molecular weight excluding hydrogens is 274 g/mol. The highest BCUT2D eigenvalue weighted by Gasteiger charge is 2.16. The third-order valence-corrected chi connectivity index (χ3v) is 3.23. The van der Waals surface area contributed by atoms with E-state index in [4.69, 9.17) is 0 Å². The van der Waals surface area contributed by atoms with Gasteiger partial charge in [-0.15, -0.1) is 0 Å². The Hall–Kier alpha value is -2.02. The van der Waals surface area contributed by atoms with Gasteiger partial charge in [-0.25, -0.2) is 23.5 Å². The van der Waals surface area contributed by atoms with E-state index in [2.05, 4.69) is 14.7 Å². The first kappa shape index (κ1) is 13.4. The number of hydrogen-bond acceptors (Lipinski definition) is 5. The van der Waals surface area contributed by atoms with Crippen molar-refractivity contribution in [2.45, 2.75) is 9.92 Å². The van der Waals surface area contributed by atoms with Crippen LogP contribution in [0.3, 0.4) is 0 Å². The average Bonchev–Trinajstić information content (AvgIpc) is 2.42. The number of methoxy groups -OCH3 is 1. The Balaban J connectivity index is 2.38. The van der Waals surface area contributed by atoms with Crippen molar-refractivity contribution >= 4 is 17.7 Å². The summed E-state index contributed by atoms with van der Waals surface area (Å²) >= 11 is 0.832. The molecule has 4 nitrogen and oxygen atoms in total. The zero-order valence-corrected chi connectivity index (χ0v) is 10.6. The average molecular weight is 282 g/mol. The summed E-state index contributed by atoms with van der Waals surface area (Å²) in [6.07, 6.45) is 2.48.